The van der Waals surface area contributed by atoms with Crippen LogP contribution in [0, 0.1) is 11.8 Å². The molecule has 0 spiro atoms. The highest BCUT2D eigenvalue weighted by atomic mass is 16.6. The molecular formula is C18H34O5. The van der Waals surface area contributed by atoms with Gasteiger partial charge < -0.3 is 14.2 Å². The number of carbonyl (C=O) groups is 2. The summed E-state index contributed by atoms with van der Waals surface area (Å²) in [6.45, 7) is 12.1. The lowest BCUT2D eigenvalue weighted by Crippen LogP contribution is -2.29. The maximum Gasteiger partial charge on any atom is 0.309 e. The van der Waals surface area contributed by atoms with E-state index in [-0.39, 0.29) is 42.6 Å². The molecule has 23 heavy (non-hydrogen) atoms. The van der Waals surface area contributed by atoms with Crippen molar-refractivity contribution in [3.8, 4) is 0 Å². The Bertz CT molecular complexity index is 334. The minimum Gasteiger partial charge on any atom is -0.463 e. The van der Waals surface area contributed by atoms with Gasteiger partial charge in [-0.05, 0) is 39.5 Å². The molecular weight excluding hydrogens is 296 g/mol. The molecule has 0 N–H and O–H groups in total. The average molecular weight is 330 g/mol. The number of carbonyl (C=O) groups excluding carboxylic acids is 2. The van der Waals surface area contributed by atoms with Crippen molar-refractivity contribution in [2.45, 2.75) is 79.4 Å². The first kappa shape index (κ1) is 21.9. The van der Waals surface area contributed by atoms with Crippen molar-refractivity contribution in [2.75, 3.05) is 13.2 Å². The summed E-state index contributed by atoms with van der Waals surface area (Å²) in [6, 6.07) is 0. The molecule has 0 aromatic heterocycles. The molecule has 0 bridgehead atoms. The Balaban J connectivity index is 4.02. The Morgan fingerprint density at radius 1 is 0.739 bits per heavy atom. The molecule has 0 radical (unpaired) electrons. The molecule has 0 aromatic carbocycles. The second kappa shape index (κ2) is 12.3. The fourth-order valence-electron chi connectivity index (χ4n) is 2.24. The molecule has 5 heteroatoms. The molecule has 0 aliphatic rings. The maximum absolute atomic E-state index is 11.9. The van der Waals surface area contributed by atoms with Gasteiger partial charge in [0.2, 0.25) is 0 Å². The van der Waals surface area contributed by atoms with Crippen LogP contribution in [0.4, 0.5) is 0 Å². The number of hydrogen-bond donors (Lipinski definition) is 0. The summed E-state index contributed by atoms with van der Waals surface area (Å²) in [4.78, 5) is 23.7. The molecule has 0 aliphatic heterocycles. The molecule has 0 saturated heterocycles. The van der Waals surface area contributed by atoms with Crippen LogP contribution in [0.3, 0.4) is 0 Å². The van der Waals surface area contributed by atoms with Gasteiger partial charge in [0.05, 0.1) is 24.5 Å². The van der Waals surface area contributed by atoms with E-state index in [1.807, 2.05) is 41.5 Å². The zero-order valence-electron chi connectivity index (χ0n) is 15.6. The molecule has 0 amide bonds. The van der Waals surface area contributed by atoms with Gasteiger partial charge in [-0.2, -0.15) is 0 Å². The van der Waals surface area contributed by atoms with Crippen LogP contribution in [0.1, 0.15) is 67.2 Å². The lowest BCUT2D eigenvalue weighted by molar-refractivity contribution is -0.159. The van der Waals surface area contributed by atoms with Crippen molar-refractivity contribution >= 4 is 11.9 Å². The zero-order valence-corrected chi connectivity index (χ0v) is 15.6. The summed E-state index contributed by atoms with van der Waals surface area (Å²) in [6.07, 6.45) is 2.61. The average Bonchev–Trinajstić information content (AvgIpc) is 2.53. The maximum atomic E-state index is 11.9. The van der Waals surface area contributed by atoms with E-state index in [4.69, 9.17) is 14.2 Å². The third-order valence-electron chi connectivity index (χ3n) is 4.03. The molecule has 2 unspecified atom stereocenters. The van der Waals surface area contributed by atoms with Gasteiger partial charge in [-0.25, -0.2) is 0 Å². The quantitative estimate of drug-likeness (QED) is 0.510. The second-order valence-corrected chi connectivity index (χ2v) is 6.05. The van der Waals surface area contributed by atoms with Crippen LogP contribution in [0.2, 0.25) is 0 Å². The third kappa shape index (κ3) is 8.94. The van der Waals surface area contributed by atoms with E-state index in [2.05, 4.69) is 0 Å². The number of esters is 2. The molecule has 136 valence electrons. The Morgan fingerprint density at radius 3 is 1.70 bits per heavy atom. The smallest absolute Gasteiger partial charge is 0.309 e. The van der Waals surface area contributed by atoms with Gasteiger partial charge in [0.1, 0.15) is 12.7 Å². The van der Waals surface area contributed by atoms with E-state index in [1.165, 1.54) is 0 Å². The van der Waals surface area contributed by atoms with Gasteiger partial charge in [0, 0.05) is 0 Å². The zero-order chi connectivity index (χ0) is 17.8. The lowest BCUT2D eigenvalue weighted by Gasteiger charge is -2.20. The summed E-state index contributed by atoms with van der Waals surface area (Å²) in [5.74, 6) is -0.421. The van der Waals surface area contributed by atoms with Gasteiger partial charge >= 0.3 is 11.9 Å². The predicted octanol–water partition coefficient (Wildman–Crippen LogP) is 3.74. The van der Waals surface area contributed by atoms with E-state index >= 15 is 0 Å². The first-order valence-electron chi connectivity index (χ1n) is 8.88. The van der Waals surface area contributed by atoms with Gasteiger partial charge in [0.25, 0.3) is 0 Å². The van der Waals surface area contributed by atoms with Gasteiger partial charge in [-0.3, -0.25) is 9.59 Å². The van der Waals surface area contributed by atoms with Crippen LogP contribution in [-0.4, -0.2) is 37.4 Å². The number of rotatable bonds is 12. The highest BCUT2D eigenvalue weighted by Gasteiger charge is 2.20. The van der Waals surface area contributed by atoms with Crippen molar-refractivity contribution < 1.29 is 23.8 Å². The predicted molar refractivity (Wildman–Crippen MR) is 90.1 cm³/mol. The summed E-state index contributed by atoms with van der Waals surface area (Å²) in [7, 11) is 0. The largest absolute Gasteiger partial charge is 0.463 e. The third-order valence-corrected chi connectivity index (χ3v) is 4.03. The lowest BCUT2D eigenvalue weighted by atomic mass is 10.0. The first-order valence-corrected chi connectivity index (χ1v) is 8.88. The van der Waals surface area contributed by atoms with Crippen molar-refractivity contribution in [2.24, 2.45) is 11.8 Å². The van der Waals surface area contributed by atoms with Crippen molar-refractivity contribution in [1.82, 2.24) is 0 Å². The SMILES string of the molecule is CCC(CC)C(=O)OCC(C)OCC(C)OC(=O)C(CC)CC. The van der Waals surface area contributed by atoms with E-state index in [0.717, 1.165) is 25.7 Å². The first-order chi connectivity index (χ1) is 10.9. The van der Waals surface area contributed by atoms with Crippen LogP contribution >= 0.6 is 0 Å². The molecule has 0 aromatic rings. The van der Waals surface area contributed by atoms with E-state index in [9.17, 15) is 9.59 Å². The Labute approximate surface area is 141 Å². The molecule has 5 nitrogen and oxygen atoms in total. The standard InChI is InChI=1S/C18H34O5/c1-7-15(8-2)17(19)22-11-13(5)21-12-14(6)23-18(20)16(9-3)10-4/h13-16H,7-12H2,1-6H3. The molecule has 0 aliphatic carbocycles. The van der Waals surface area contributed by atoms with Crippen LogP contribution in [-0.2, 0) is 23.8 Å². The van der Waals surface area contributed by atoms with E-state index < -0.39 is 0 Å². The van der Waals surface area contributed by atoms with Gasteiger partial charge in [-0.1, -0.05) is 27.7 Å². The van der Waals surface area contributed by atoms with Gasteiger partial charge in [0.15, 0.2) is 0 Å². The van der Waals surface area contributed by atoms with Crippen LogP contribution < -0.4 is 0 Å². The second-order valence-electron chi connectivity index (χ2n) is 6.05. The number of ether oxygens (including phenoxy) is 3. The van der Waals surface area contributed by atoms with Gasteiger partial charge in [-0.15, -0.1) is 0 Å². The Morgan fingerprint density at radius 2 is 1.22 bits per heavy atom. The fourth-order valence-corrected chi connectivity index (χ4v) is 2.24. The van der Waals surface area contributed by atoms with E-state index in [1.54, 1.807) is 0 Å². The van der Waals surface area contributed by atoms with Crippen LogP contribution in [0.15, 0.2) is 0 Å². The molecule has 0 saturated carbocycles. The normalized spacial score (nSPS) is 13.9. The van der Waals surface area contributed by atoms with Crippen molar-refractivity contribution in [1.29, 1.82) is 0 Å². The van der Waals surface area contributed by atoms with Crippen LogP contribution in [0.5, 0.6) is 0 Å². The summed E-state index contributed by atoms with van der Waals surface area (Å²) in [5.41, 5.74) is 0. The molecule has 0 fully saturated rings. The monoisotopic (exact) mass is 330 g/mol. The minimum atomic E-state index is -0.305. The summed E-state index contributed by atoms with van der Waals surface area (Å²) in [5, 5.41) is 0. The summed E-state index contributed by atoms with van der Waals surface area (Å²) >= 11 is 0. The topological polar surface area (TPSA) is 61.8 Å². The molecule has 0 heterocycles. The molecule has 2 atom stereocenters. The summed E-state index contributed by atoms with van der Waals surface area (Å²) < 4.78 is 16.2. The molecule has 0 rings (SSSR count). The highest BCUT2D eigenvalue weighted by molar-refractivity contribution is 5.72. The highest BCUT2D eigenvalue weighted by Crippen LogP contribution is 2.12. The fraction of sp³-hybridized carbons (Fsp3) is 0.889. The Kier molecular flexibility index (Phi) is 11.7. The minimum absolute atomic E-state index is 0.0397. The van der Waals surface area contributed by atoms with Crippen molar-refractivity contribution in [3.05, 3.63) is 0 Å². The van der Waals surface area contributed by atoms with E-state index in [0.29, 0.717) is 6.61 Å². The number of hydrogen-bond acceptors (Lipinski definition) is 5. The van der Waals surface area contributed by atoms with Crippen molar-refractivity contribution in [3.63, 3.8) is 0 Å². The Hall–Kier alpha value is -1.10. The van der Waals surface area contributed by atoms with Crippen LogP contribution in [0.25, 0.3) is 0 Å².